The summed E-state index contributed by atoms with van der Waals surface area (Å²) in [7, 11) is 0. The molecule has 4 nitrogen and oxygen atoms in total. The Bertz CT molecular complexity index is 315. The molecule has 0 radical (unpaired) electrons. The van der Waals surface area contributed by atoms with Crippen LogP contribution in [-0.4, -0.2) is 49.1 Å². The summed E-state index contributed by atoms with van der Waals surface area (Å²) < 4.78 is 0. The lowest BCUT2D eigenvalue weighted by Crippen LogP contribution is -2.47. The first kappa shape index (κ1) is 15.8. The summed E-state index contributed by atoms with van der Waals surface area (Å²) in [6.07, 6.45) is 5.24. The third kappa shape index (κ3) is 5.41. The van der Waals surface area contributed by atoms with E-state index in [0.29, 0.717) is 12.5 Å². The van der Waals surface area contributed by atoms with Gasteiger partial charge in [0.05, 0.1) is 6.54 Å². The van der Waals surface area contributed by atoms with Gasteiger partial charge < -0.3 is 10.6 Å². The Morgan fingerprint density at radius 1 is 1.25 bits per heavy atom. The number of hydrogen-bond donors (Lipinski definition) is 2. The van der Waals surface area contributed by atoms with Crippen LogP contribution in [0.4, 0.5) is 0 Å². The van der Waals surface area contributed by atoms with Crippen LogP contribution in [0.1, 0.15) is 46.5 Å². The Balaban J connectivity index is 1.67. The van der Waals surface area contributed by atoms with Gasteiger partial charge in [0.15, 0.2) is 0 Å². The quantitative estimate of drug-likeness (QED) is 0.745. The predicted octanol–water partition coefficient (Wildman–Crippen LogP) is 1.61. The summed E-state index contributed by atoms with van der Waals surface area (Å²) >= 11 is 0. The van der Waals surface area contributed by atoms with Gasteiger partial charge in [0.25, 0.3) is 0 Å². The van der Waals surface area contributed by atoms with Gasteiger partial charge in [0.1, 0.15) is 0 Å². The summed E-state index contributed by atoms with van der Waals surface area (Å²) in [5.41, 5.74) is 0. The second-order valence-electron chi connectivity index (χ2n) is 7.03. The number of carbonyl (C=O) groups excluding carboxylic acids is 1. The monoisotopic (exact) mass is 281 g/mol. The van der Waals surface area contributed by atoms with E-state index in [-0.39, 0.29) is 11.9 Å². The van der Waals surface area contributed by atoms with Crippen LogP contribution in [0.25, 0.3) is 0 Å². The van der Waals surface area contributed by atoms with Crippen LogP contribution in [0.15, 0.2) is 0 Å². The fourth-order valence-electron chi connectivity index (χ4n) is 2.75. The Labute approximate surface area is 123 Å². The predicted molar refractivity (Wildman–Crippen MR) is 82.6 cm³/mol. The normalized spacial score (nSPS) is 25.7. The molecule has 0 bridgehead atoms. The Hall–Kier alpha value is -0.610. The van der Waals surface area contributed by atoms with Crippen molar-refractivity contribution in [1.82, 2.24) is 15.5 Å². The van der Waals surface area contributed by atoms with Crippen molar-refractivity contribution in [2.75, 3.05) is 26.2 Å². The molecular weight excluding hydrogens is 250 g/mol. The number of hydrogen-bond acceptors (Lipinski definition) is 3. The number of rotatable bonds is 7. The largest absolute Gasteiger partial charge is 0.352 e. The van der Waals surface area contributed by atoms with E-state index in [1.807, 2.05) is 0 Å². The van der Waals surface area contributed by atoms with E-state index < -0.39 is 0 Å². The molecule has 0 aromatic carbocycles. The van der Waals surface area contributed by atoms with Crippen molar-refractivity contribution in [2.45, 2.75) is 58.5 Å². The zero-order valence-corrected chi connectivity index (χ0v) is 13.3. The molecule has 2 rings (SSSR count). The highest BCUT2D eigenvalue weighted by Gasteiger charge is 2.25. The van der Waals surface area contributed by atoms with E-state index in [1.54, 1.807) is 0 Å². The fraction of sp³-hybridized carbons (Fsp3) is 0.938. The van der Waals surface area contributed by atoms with Crippen LogP contribution in [0.2, 0.25) is 0 Å². The van der Waals surface area contributed by atoms with Gasteiger partial charge in [-0.2, -0.15) is 0 Å². The summed E-state index contributed by atoms with van der Waals surface area (Å²) in [5.74, 6) is 1.40. The Morgan fingerprint density at radius 2 is 2.00 bits per heavy atom. The number of likely N-dealkylation sites (tertiary alicyclic amines) is 1. The first-order valence-corrected chi connectivity index (χ1v) is 8.29. The maximum Gasteiger partial charge on any atom is 0.234 e. The maximum atomic E-state index is 12.0. The van der Waals surface area contributed by atoms with E-state index in [9.17, 15) is 4.79 Å². The zero-order chi connectivity index (χ0) is 14.5. The number of amides is 1. The average Bonchev–Trinajstić information content (AvgIpc) is 3.20. The van der Waals surface area contributed by atoms with Crippen molar-refractivity contribution in [1.29, 1.82) is 0 Å². The SMILES string of the molecule is CC(C)C(C)NC(=O)CN1CCCC(CNC2CC2)C1. The molecular formula is C16H31N3O. The molecule has 2 fully saturated rings. The third-order valence-corrected chi connectivity index (χ3v) is 4.63. The molecule has 4 heteroatoms. The molecule has 0 aromatic rings. The van der Waals surface area contributed by atoms with Crippen LogP contribution in [-0.2, 0) is 4.79 Å². The van der Waals surface area contributed by atoms with Crippen LogP contribution in [0.5, 0.6) is 0 Å². The molecule has 20 heavy (non-hydrogen) atoms. The van der Waals surface area contributed by atoms with Gasteiger partial charge in [0.2, 0.25) is 5.91 Å². The van der Waals surface area contributed by atoms with E-state index in [0.717, 1.165) is 31.6 Å². The molecule has 1 saturated carbocycles. The number of nitrogens with one attached hydrogen (secondary N) is 2. The number of nitrogens with zero attached hydrogens (tertiary/aromatic N) is 1. The minimum Gasteiger partial charge on any atom is -0.352 e. The maximum absolute atomic E-state index is 12.0. The molecule has 1 aliphatic heterocycles. The fourth-order valence-corrected chi connectivity index (χ4v) is 2.75. The van der Waals surface area contributed by atoms with Crippen LogP contribution >= 0.6 is 0 Å². The van der Waals surface area contributed by atoms with Gasteiger partial charge >= 0.3 is 0 Å². The van der Waals surface area contributed by atoms with Crippen molar-refractivity contribution in [2.24, 2.45) is 11.8 Å². The second-order valence-corrected chi connectivity index (χ2v) is 7.03. The zero-order valence-electron chi connectivity index (χ0n) is 13.3. The Morgan fingerprint density at radius 3 is 2.65 bits per heavy atom. The molecule has 0 spiro atoms. The number of carbonyl (C=O) groups is 1. The van der Waals surface area contributed by atoms with Gasteiger partial charge in [-0.25, -0.2) is 0 Å². The molecule has 1 saturated heterocycles. The van der Waals surface area contributed by atoms with Crippen molar-refractivity contribution in [3.8, 4) is 0 Å². The average molecular weight is 281 g/mol. The molecule has 0 aromatic heterocycles. The first-order valence-electron chi connectivity index (χ1n) is 8.29. The standard InChI is InChI=1S/C16H31N3O/c1-12(2)13(3)18-16(20)11-19-8-4-5-14(10-19)9-17-15-6-7-15/h12-15,17H,4-11H2,1-3H3,(H,18,20). The lowest BCUT2D eigenvalue weighted by molar-refractivity contribution is -0.123. The smallest absolute Gasteiger partial charge is 0.234 e. The molecule has 2 atom stereocenters. The highest BCUT2D eigenvalue weighted by atomic mass is 16.2. The van der Waals surface area contributed by atoms with Crippen molar-refractivity contribution in [3.05, 3.63) is 0 Å². The molecule has 2 aliphatic rings. The summed E-state index contributed by atoms with van der Waals surface area (Å²) in [5, 5.41) is 6.73. The van der Waals surface area contributed by atoms with E-state index >= 15 is 0 Å². The van der Waals surface area contributed by atoms with Gasteiger partial charge in [-0.3, -0.25) is 9.69 Å². The van der Waals surface area contributed by atoms with Gasteiger partial charge in [0, 0.05) is 18.6 Å². The molecule has 1 amide bonds. The van der Waals surface area contributed by atoms with Gasteiger partial charge in [-0.15, -0.1) is 0 Å². The summed E-state index contributed by atoms with van der Waals surface area (Å²) in [6.45, 7) is 10.2. The third-order valence-electron chi connectivity index (χ3n) is 4.63. The van der Waals surface area contributed by atoms with E-state index in [4.69, 9.17) is 0 Å². The van der Waals surface area contributed by atoms with Crippen LogP contribution in [0, 0.1) is 11.8 Å². The molecule has 116 valence electrons. The first-order chi connectivity index (χ1) is 9.54. The van der Waals surface area contributed by atoms with Crippen molar-refractivity contribution >= 4 is 5.91 Å². The van der Waals surface area contributed by atoms with Gasteiger partial charge in [-0.05, 0) is 57.5 Å². The Kier molecular flexibility index (Phi) is 5.85. The van der Waals surface area contributed by atoms with Crippen molar-refractivity contribution in [3.63, 3.8) is 0 Å². The summed E-state index contributed by atoms with van der Waals surface area (Å²) in [4.78, 5) is 14.4. The van der Waals surface area contributed by atoms with E-state index in [1.165, 1.54) is 25.7 Å². The number of piperidine rings is 1. The molecule has 1 aliphatic carbocycles. The topological polar surface area (TPSA) is 44.4 Å². The molecule has 2 unspecified atom stereocenters. The molecule has 1 heterocycles. The van der Waals surface area contributed by atoms with Crippen LogP contribution in [0.3, 0.4) is 0 Å². The highest BCUT2D eigenvalue weighted by Crippen LogP contribution is 2.21. The minimum atomic E-state index is 0.182. The van der Waals surface area contributed by atoms with Gasteiger partial charge in [-0.1, -0.05) is 13.8 Å². The lowest BCUT2D eigenvalue weighted by atomic mass is 9.98. The van der Waals surface area contributed by atoms with Crippen molar-refractivity contribution < 1.29 is 4.79 Å². The molecule has 2 N–H and O–H groups in total. The van der Waals surface area contributed by atoms with Crippen LogP contribution < -0.4 is 10.6 Å². The van der Waals surface area contributed by atoms with E-state index in [2.05, 4.69) is 36.3 Å². The highest BCUT2D eigenvalue weighted by molar-refractivity contribution is 5.78. The lowest BCUT2D eigenvalue weighted by Gasteiger charge is -2.32. The summed E-state index contributed by atoms with van der Waals surface area (Å²) in [6, 6.07) is 1.06. The second kappa shape index (κ2) is 7.41. The minimum absolute atomic E-state index is 0.182.